The van der Waals surface area contributed by atoms with Crippen LogP contribution in [0.15, 0.2) is 0 Å². The average molecular weight is 268 g/mol. The number of hydrogen-bond donors (Lipinski definition) is 1. The molecule has 2 N–H and O–H groups in total. The minimum Gasteiger partial charge on any atom is -0.443 e. The number of anilines is 1. The Morgan fingerprint density at radius 1 is 1.61 bits per heavy atom. The van der Waals surface area contributed by atoms with Crippen molar-refractivity contribution in [3.05, 3.63) is 10.6 Å². The maximum Gasteiger partial charge on any atom is 0.416 e. The summed E-state index contributed by atoms with van der Waals surface area (Å²) in [6.07, 6.45) is 0.414. The molecule has 1 saturated heterocycles. The number of carbonyl (C=O) groups is 1. The van der Waals surface area contributed by atoms with E-state index in [1.165, 1.54) is 4.88 Å². The van der Waals surface area contributed by atoms with E-state index in [1.54, 1.807) is 16.2 Å². The van der Waals surface area contributed by atoms with E-state index < -0.39 is 0 Å². The van der Waals surface area contributed by atoms with Crippen molar-refractivity contribution < 1.29 is 9.53 Å². The highest BCUT2D eigenvalue weighted by Crippen LogP contribution is 2.32. The summed E-state index contributed by atoms with van der Waals surface area (Å²) in [6.45, 7) is 2.80. The Bertz CT molecular complexity index is 476. The van der Waals surface area contributed by atoms with Gasteiger partial charge in [0.1, 0.15) is 6.10 Å². The number of nitrogens with zero attached hydrogens (tertiary/aromatic N) is 3. The number of thiazole rings is 1. The van der Waals surface area contributed by atoms with Gasteiger partial charge in [0.25, 0.3) is 0 Å². The lowest BCUT2D eigenvalue weighted by Crippen LogP contribution is -2.27. The molecule has 1 fully saturated rings. The normalized spacial score (nSPS) is 24.2. The number of nitrogens with two attached hydrogens (primary N) is 1. The van der Waals surface area contributed by atoms with Gasteiger partial charge in [-0.25, -0.2) is 14.7 Å². The van der Waals surface area contributed by atoms with Crippen LogP contribution in [0.3, 0.4) is 0 Å². The Morgan fingerprint density at radius 2 is 2.44 bits per heavy atom. The van der Waals surface area contributed by atoms with E-state index in [4.69, 9.17) is 10.5 Å². The molecule has 1 amide bonds. The van der Waals surface area contributed by atoms with Gasteiger partial charge in [-0.15, -0.1) is 0 Å². The van der Waals surface area contributed by atoms with Crippen LogP contribution in [-0.2, 0) is 17.7 Å². The lowest BCUT2D eigenvalue weighted by molar-refractivity contribution is 0.145. The van der Waals surface area contributed by atoms with Gasteiger partial charge in [0, 0.05) is 30.9 Å². The summed E-state index contributed by atoms with van der Waals surface area (Å²) in [4.78, 5) is 21.4. The molecule has 0 bridgehead atoms. The summed E-state index contributed by atoms with van der Waals surface area (Å²) < 4.78 is 5.15. The second-order valence-electron chi connectivity index (χ2n) is 4.71. The van der Waals surface area contributed by atoms with Crippen LogP contribution < -0.4 is 10.6 Å². The Kier molecular flexibility index (Phi) is 2.96. The molecule has 0 spiro atoms. The van der Waals surface area contributed by atoms with Crippen LogP contribution in [0.5, 0.6) is 0 Å². The number of aromatic nitrogens is 1. The van der Waals surface area contributed by atoms with Crippen molar-refractivity contribution >= 4 is 22.6 Å². The first-order valence-electron chi connectivity index (χ1n) is 6.02. The Balaban J connectivity index is 1.83. The zero-order valence-corrected chi connectivity index (χ0v) is 11.1. The van der Waals surface area contributed by atoms with Gasteiger partial charge in [-0.2, -0.15) is 0 Å². The standard InChI is InChI=1S/C11H16N4O2S/c1-14-3-2-8-9(6-14)18-10(13-8)15-5-7(4-12)17-11(15)16/h7H,2-6,12H2,1H3/t7-/m0/s1. The Morgan fingerprint density at radius 3 is 3.17 bits per heavy atom. The van der Waals surface area contributed by atoms with E-state index >= 15 is 0 Å². The highest BCUT2D eigenvalue weighted by Gasteiger charge is 2.34. The van der Waals surface area contributed by atoms with Crippen LogP contribution in [0.2, 0.25) is 0 Å². The minimum absolute atomic E-state index is 0.207. The largest absolute Gasteiger partial charge is 0.443 e. The second kappa shape index (κ2) is 4.49. The maximum atomic E-state index is 11.7. The van der Waals surface area contributed by atoms with E-state index in [2.05, 4.69) is 16.9 Å². The van der Waals surface area contributed by atoms with Crippen molar-refractivity contribution in [1.82, 2.24) is 9.88 Å². The Hall–Kier alpha value is -1.18. The first-order chi connectivity index (χ1) is 8.67. The molecule has 18 heavy (non-hydrogen) atoms. The molecule has 1 aromatic rings. The zero-order chi connectivity index (χ0) is 12.7. The molecule has 1 atom stereocenters. The Labute approximate surface area is 109 Å². The molecule has 0 aromatic carbocycles. The quantitative estimate of drug-likeness (QED) is 0.841. The number of ether oxygens (including phenoxy) is 1. The molecule has 3 heterocycles. The van der Waals surface area contributed by atoms with Crippen LogP contribution in [-0.4, -0.2) is 48.8 Å². The van der Waals surface area contributed by atoms with Gasteiger partial charge in [0.2, 0.25) is 0 Å². The zero-order valence-electron chi connectivity index (χ0n) is 10.3. The molecule has 1 aromatic heterocycles. The van der Waals surface area contributed by atoms with E-state index in [0.717, 1.165) is 30.3 Å². The SMILES string of the molecule is CN1CCc2nc(N3C[C@H](CN)OC3=O)sc2C1. The van der Waals surface area contributed by atoms with Gasteiger partial charge in [-0.3, -0.25) is 0 Å². The lowest BCUT2D eigenvalue weighted by atomic mass is 10.2. The third kappa shape index (κ3) is 1.98. The number of carbonyl (C=O) groups excluding carboxylic acids is 1. The number of cyclic esters (lactones) is 1. The molecule has 0 aliphatic carbocycles. The van der Waals surface area contributed by atoms with Crippen LogP contribution in [0.25, 0.3) is 0 Å². The van der Waals surface area contributed by atoms with Crippen molar-refractivity contribution in [2.24, 2.45) is 5.73 Å². The van der Waals surface area contributed by atoms with Crippen molar-refractivity contribution in [2.75, 3.05) is 31.6 Å². The van der Waals surface area contributed by atoms with E-state index in [-0.39, 0.29) is 12.2 Å². The summed E-state index contributed by atoms with van der Waals surface area (Å²) in [7, 11) is 2.09. The molecular weight excluding hydrogens is 252 g/mol. The minimum atomic E-state index is -0.329. The maximum absolute atomic E-state index is 11.7. The molecule has 3 rings (SSSR count). The fourth-order valence-electron chi connectivity index (χ4n) is 2.23. The smallest absolute Gasteiger partial charge is 0.416 e. The average Bonchev–Trinajstić information content (AvgIpc) is 2.91. The predicted octanol–water partition coefficient (Wildman–Crippen LogP) is 0.415. The third-order valence-corrected chi connectivity index (χ3v) is 4.38. The highest BCUT2D eigenvalue weighted by atomic mass is 32.1. The fraction of sp³-hybridized carbons (Fsp3) is 0.636. The first-order valence-corrected chi connectivity index (χ1v) is 6.84. The van der Waals surface area contributed by atoms with Gasteiger partial charge in [0.05, 0.1) is 12.2 Å². The third-order valence-electron chi connectivity index (χ3n) is 3.28. The van der Waals surface area contributed by atoms with Gasteiger partial charge in [-0.1, -0.05) is 11.3 Å². The van der Waals surface area contributed by atoms with Crippen LogP contribution in [0, 0.1) is 0 Å². The molecule has 0 radical (unpaired) electrons. The van der Waals surface area contributed by atoms with Gasteiger partial charge in [-0.05, 0) is 7.05 Å². The molecule has 2 aliphatic rings. The molecule has 0 saturated carbocycles. The number of amides is 1. The van der Waals surface area contributed by atoms with Crippen molar-refractivity contribution in [1.29, 1.82) is 0 Å². The summed E-state index contributed by atoms with van der Waals surface area (Å²) >= 11 is 1.58. The van der Waals surface area contributed by atoms with Crippen molar-refractivity contribution in [3.63, 3.8) is 0 Å². The number of rotatable bonds is 2. The summed E-state index contributed by atoms with van der Waals surface area (Å²) in [6, 6.07) is 0. The van der Waals surface area contributed by atoms with Gasteiger partial charge >= 0.3 is 6.09 Å². The molecule has 6 nitrogen and oxygen atoms in total. The number of fused-ring (bicyclic) bond motifs is 1. The fourth-order valence-corrected chi connectivity index (χ4v) is 3.41. The highest BCUT2D eigenvalue weighted by molar-refractivity contribution is 7.15. The molecule has 7 heteroatoms. The van der Waals surface area contributed by atoms with Crippen LogP contribution >= 0.6 is 11.3 Å². The van der Waals surface area contributed by atoms with Crippen LogP contribution in [0.1, 0.15) is 10.6 Å². The molecule has 0 unspecified atom stereocenters. The van der Waals surface area contributed by atoms with Gasteiger partial charge in [0.15, 0.2) is 5.13 Å². The summed E-state index contributed by atoms with van der Waals surface area (Å²) in [5.41, 5.74) is 6.65. The van der Waals surface area contributed by atoms with Crippen molar-refractivity contribution in [2.45, 2.75) is 19.1 Å². The number of likely N-dealkylation sites (N-methyl/N-ethyl adjacent to an activating group) is 1. The van der Waals surface area contributed by atoms with E-state index in [9.17, 15) is 4.79 Å². The summed E-state index contributed by atoms with van der Waals surface area (Å²) in [5.74, 6) is 0. The van der Waals surface area contributed by atoms with Gasteiger partial charge < -0.3 is 15.4 Å². The second-order valence-corrected chi connectivity index (χ2v) is 5.77. The summed E-state index contributed by atoms with van der Waals surface area (Å²) in [5, 5.41) is 0.747. The van der Waals surface area contributed by atoms with E-state index in [1.807, 2.05) is 0 Å². The molecule has 2 aliphatic heterocycles. The predicted molar refractivity (Wildman–Crippen MR) is 68.8 cm³/mol. The topological polar surface area (TPSA) is 71.7 Å². The van der Waals surface area contributed by atoms with Crippen molar-refractivity contribution in [3.8, 4) is 0 Å². The lowest BCUT2D eigenvalue weighted by Gasteiger charge is -2.20. The number of hydrogen-bond acceptors (Lipinski definition) is 6. The molecule has 98 valence electrons. The van der Waals surface area contributed by atoms with Crippen LogP contribution in [0.4, 0.5) is 9.93 Å². The first kappa shape index (κ1) is 11.9. The van der Waals surface area contributed by atoms with E-state index in [0.29, 0.717) is 13.1 Å². The molecular formula is C11H16N4O2S. The monoisotopic (exact) mass is 268 g/mol.